The fourth-order valence-corrected chi connectivity index (χ4v) is 2.33. The molecular formula is C12H6BrFN2S. The predicted molar refractivity (Wildman–Crippen MR) is 67.2 cm³/mol. The summed E-state index contributed by atoms with van der Waals surface area (Å²) < 4.78 is 14.2. The van der Waals surface area contributed by atoms with Gasteiger partial charge in [0.05, 0.1) is 0 Å². The average Bonchev–Trinajstić information content (AvgIpc) is 2.32. The minimum atomic E-state index is -0.505. The van der Waals surface area contributed by atoms with Gasteiger partial charge in [-0.3, -0.25) is 0 Å². The molecule has 2 aromatic rings. The molecule has 1 aromatic heterocycles. The highest BCUT2D eigenvalue weighted by Gasteiger charge is 2.09. The fraction of sp³-hybridized carbons (Fsp3) is 0. The molecule has 0 aliphatic heterocycles. The molecule has 0 saturated heterocycles. The van der Waals surface area contributed by atoms with E-state index in [1.165, 1.54) is 17.8 Å². The van der Waals surface area contributed by atoms with Gasteiger partial charge in [-0.25, -0.2) is 9.37 Å². The van der Waals surface area contributed by atoms with Gasteiger partial charge in [-0.05, 0) is 40.2 Å². The zero-order valence-electron chi connectivity index (χ0n) is 8.52. The van der Waals surface area contributed by atoms with Crippen molar-refractivity contribution in [1.82, 2.24) is 4.98 Å². The number of aromatic nitrogens is 1. The second-order valence-electron chi connectivity index (χ2n) is 3.14. The molecule has 0 amide bonds. The Morgan fingerprint density at radius 2 is 2.12 bits per heavy atom. The number of nitrogens with zero attached hydrogens (tertiary/aromatic N) is 2. The molecule has 2 rings (SSSR count). The van der Waals surface area contributed by atoms with Crippen LogP contribution in [0.25, 0.3) is 0 Å². The van der Waals surface area contributed by atoms with Crippen molar-refractivity contribution in [3.05, 3.63) is 52.4 Å². The minimum Gasteiger partial charge on any atom is -0.248 e. The molecule has 0 spiro atoms. The summed E-state index contributed by atoms with van der Waals surface area (Å²) in [5.41, 5.74) is 0.0576. The molecule has 0 unspecified atom stereocenters. The first-order valence-corrected chi connectivity index (χ1v) is 6.29. The zero-order valence-corrected chi connectivity index (χ0v) is 10.9. The van der Waals surface area contributed by atoms with Gasteiger partial charge in [0.15, 0.2) is 0 Å². The lowest BCUT2D eigenvalue weighted by molar-refractivity contribution is 0.620. The van der Waals surface area contributed by atoms with Crippen LogP contribution in [0.1, 0.15) is 5.56 Å². The molecule has 84 valence electrons. The van der Waals surface area contributed by atoms with Gasteiger partial charge >= 0.3 is 0 Å². The standard InChI is InChI=1S/C12H6BrFN2S/c13-8-4-5-12(16-7-8)17-11-3-1-2-10(14)9(11)6-15/h1-5,7H. The highest BCUT2D eigenvalue weighted by molar-refractivity contribution is 9.10. The smallest absolute Gasteiger partial charge is 0.142 e. The average molecular weight is 309 g/mol. The van der Waals surface area contributed by atoms with Crippen molar-refractivity contribution in [2.45, 2.75) is 9.92 Å². The maximum Gasteiger partial charge on any atom is 0.142 e. The molecule has 5 heteroatoms. The van der Waals surface area contributed by atoms with E-state index in [1.807, 2.05) is 12.1 Å². The minimum absolute atomic E-state index is 0.0576. The Balaban J connectivity index is 2.34. The summed E-state index contributed by atoms with van der Waals surface area (Å²) in [6, 6.07) is 10.1. The monoisotopic (exact) mass is 308 g/mol. The number of rotatable bonds is 2. The molecular weight excluding hydrogens is 303 g/mol. The summed E-state index contributed by atoms with van der Waals surface area (Å²) in [5, 5.41) is 9.61. The molecule has 17 heavy (non-hydrogen) atoms. The van der Waals surface area contributed by atoms with Gasteiger partial charge in [0.1, 0.15) is 22.5 Å². The van der Waals surface area contributed by atoms with Crippen LogP contribution in [0, 0.1) is 17.1 Å². The van der Waals surface area contributed by atoms with Crippen LogP contribution in [0.5, 0.6) is 0 Å². The summed E-state index contributed by atoms with van der Waals surface area (Å²) in [6.45, 7) is 0. The van der Waals surface area contributed by atoms with Crippen molar-refractivity contribution < 1.29 is 4.39 Å². The number of hydrogen-bond acceptors (Lipinski definition) is 3. The van der Waals surface area contributed by atoms with E-state index in [0.29, 0.717) is 4.90 Å². The van der Waals surface area contributed by atoms with Gasteiger partial charge < -0.3 is 0 Å². The molecule has 0 aliphatic rings. The topological polar surface area (TPSA) is 36.7 Å². The maximum absolute atomic E-state index is 13.4. The second kappa shape index (κ2) is 5.30. The van der Waals surface area contributed by atoms with Crippen LogP contribution < -0.4 is 0 Å². The van der Waals surface area contributed by atoms with Crippen molar-refractivity contribution >= 4 is 27.7 Å². The molecule has 0 atom stereocenters. The summed E-state index contributed by atoms with van der Waals surface area (Å²) in [5.74, 6) is -0.505. The molecule has 0 saturated carbocycles. The molecule has 2 nitrogen and oxygen atoms in total. The van der Waals surface area contributed by atoms with Crippen LogP contribution in [0.3, 0.4) is 0 Å². The molecule has 1 heterocycles. The molecule has 0 aliphatic carbocycles. The highest BCUT2D eigenvalue weighted by Crippen LogP contribution is 2.30. The third kappa shape index (κ3) is 2.84. The van der Waals surface area contributed by atoms with Crippen molar-refractivity contribution in [3.8, 4) is 6.07 Å². The lowest BCUT2D eigenvalue weighted by atomic mass is 10.2. The van der Waals surface area contributed by atoms with Gasteiger partial charge in [0.2, 0.25) is 0 Å². The van der Waals surface area contributed by atoms with Crippen molar-refractivity contribution in [2.75, 3.05) is 0 Å². The van der Waals surface area contributed by atoms with Crippen LogP contribution in [0.15, 0.2) is 50.9 Å². The second-order valence-corrected chi connectivity index (χ2v) is 5.12. The lowest BCUT2D eigenvalue weighted by Crippen LogP contribution is -1.88. The molecule has 0 radical (unpaired) electrons. The van der Waals surface area contributed by atoms with E-state index in [2.05, 4.69) is 20.9 Å². The molecule has 0 bridgehead atoms. The Morgan fingerprint density at radius 1 is 1.29 bits per heavy atom. The lowest BCUT2D eigenvalue weighted by Gasteiger charge is -2.03. The van der Waals surface area contributed by atoms with Gasteiger partial charge in [-0.15, -0.1) is 0 Å². The van der Waals surface area contributed by atoms with Gasteiger partial charge in [-0.1, -0.05) is 17.8 Å². The molecule has 1 aromatic carbocycles. The summed E-state index contributed by atoms with van der Waals surface area (Å²) >= 11 is 4.55. The van der Waals surface area contributed by atoms with Crippen LogP contribution >= 0.6 is 27.7 Å². The first-order chi connectivity index (χ1) is 8.20. The largest absolute Gasteiger partial charge is 0.248 e. The Hall–Kier alpha value is -1.38. The number of halogens is 2. The first kappa shape index (κ1) is 12.1. The Bertz CT molecular complexity index is 578. The summed E-state index contributed by atoms with van der Waals surface area (Å²) in [4.78, 5) is 4.73. The molecule has 0 N–H and O–H groups in total. The normalized spacial score (nSPS) is 9.94. The van der Waals surface area contributed by atoms with E-state index < -0.39 is 5.82 Å². The number of hydrogen-bond donors (Lipinski definition) is 0. The highest BCUT2D eigenvalue weighted by atomic mass is 79.9. The van der Waals surface area contributed by atoms with E-state index in [9.17, 15) is 4.39 Å². The summed E-state index contributed by atoms with van der Waals surface area (Å²) in [6.07, 6.45) is 1.66. The quantitative estimate of drug-likeness (QED) is 0.841. The zero-order chi connectivity index (χ0) is 12.3. The van der Waals surface area contributed by atoms with E-state index in [1.54, 1.807) is 24.4 Å². The maximum atomic E-state index is 13.4. The van der Waals surface area contributed by atoms with Gasteiger partial charge in [0, 0.05) is 15.6 Å². The third-order valence-corrected chi connectivity index (χ3v) is 3.48. The third-order valence-electron chi connectivity index (χ3n) is 2.00. The van der Waals surface area contributed by atoms with E-state index in [4.69, 9.17) is 5.26 Å². The first-order valence-electron chi connectivity index (χ1n) is 4.69. The van der Waals surface area contributed by atoms with Crippen LogP contribution in [0.4, 0.5) is 4.39 Å². The Morgan fingerprint density at radius 3 is 2.76 bits per heavy atom. The van der Waals surface area contributed by atoms with Crippen molar-refractivity contribution in [3.63, 3.8) is 0 Å². The van der Waals surface area contributed by atoms with Gasteiger partial charge in [-0.2, -0.15) is 5.26 Å². The molecule has 0 fully saturated rings. The SMILES string of the molecule is N#Cc1c(F)cccc1Sc1ccc(Br)cn1. The van der Waals surface area contributed by atoms with Gasteiger partial charge in [0.25, 0.3) is 0 Å². The van der Waals surface area contributed by atoms with E-state index in [0.717, 1.165) is 9.50 Å². The predicted octanol–water partition coefficient (Wildman–Crippen LogP) is 4.01. The number of pyridine rings is 1. The van der Waals surface area contributed by atoms with E-state index in [-0.39, 0.29) is 5.56 Å². The number of nitriles is 1. The number of benzene rings is 1. The van der Waals surface area contributed by atoms with Crippen LogP contribution in [-0.4, -0.2) is 4.98 Å². The fourth-order valence-electron chi connectivity index (χ4n) is 1.23. The van der Waals surface area contributed by atoms with Crippen molar-refractivity contribution in [2.24, 2.45) is 0 Å². The summed E-state index contributed by atoms with van der Waals surface area (Å²) in [7, 11) is 0. The Labute approximate surface area is 111 Å². The van der Waals surface area contributed by atoms with E-state index >= 15 is 0 Å². The van der Waals surface area contributed by atoms with Crippen LogP contribution in [-0.2, 0) is 0 Å². The Kier molecular flexibility index (Phi) is 3.77. The van der Waals surface area contributed by atoms with Crippen LogP contribution in [0.2, 0.25) is 0 Å². The van der Waals surface area contributed by atoms with Crippen molar-refractivity contribution in [1.29, 1.82) is 5.26 Å².